The number of nitrogens with one attached hydrogen (secondary N) is 1. The molecule has 0 spiro atoms. The molecule has 0 aromatic rings. The predicted molar refractivity (Wildman–Crippen MR) is 194 cm³/mol. The fourth-order valence-electron chi connectivity index (χ4n) is 9.68. The fourth-order valence-corrected chi connectivity index (χ4v) is 9.68. The summed E-state index contributed by atoms with van der Waals surface area (Å²) in [5, 5.41) is 38.7. The predicted octanol–water partition coefficient (Wildman–Crippen LogP) is 4.01. The third-order valence-electron chi connectivity index (χ3n) is 12.9. The Labute approximate surface area is 307 Å². The van der Waals surface area contributed by atoms with Crippen molar-refractivity contribution in [3.63, 3.8) is 0 Å². The van der Waals surface area contributed by atoms with Crippen molar-refractivity contribution in [3.8, 4) is 0 Å². The second-order valence-electron chi connectivity index (χ2n) is 17.4. The van der Waals surface area contributed by atoms with Crippen molar-refractivity contribution in [2.24, 2.45) is 23.7 Å². The topological polar surface area (TPSA) is 148 Å². The van der Waals surface area contributed by atoms with E-state index in [1.807, 2.05) is 62.4 Å². The van der Waals surface area contributed by atoms with Gasteiger partial charge in [-0.05, 0) is 73.4 Å². The molecule has 4 fully saturated rings. The van der Waals surface area contributed by atoms with Gasteiger partial charge in [0.2, 0.25) is 5.91 Å². The molecule has 4 rings (SSSR count). The quantitative estimate of drug-likeness (QED) is 0.273. The Morgan fingerprint density at radius 3 is 2.22 bits per heavy atom. The lowest BCUT2D eigenvalue weighted by Gasteiger charge is -2.48. The van der Waals surface area contributed by atoms with Crippen LogP contribution in [-0.4, -0.2) is 131 Å². The van der Waals surface area contributed by atoms with E-state index in [0.29, 0.717) is 38.5 Å². The number of carbonyl (C=O) groups excluding carboxylic acids is 1. The zero-order chi connectivity index (χ0) is 38.2. The number of ether oxygens (including phenoxy) is 6. The number of likely N-dealkylation sites (N-methyl/N-ethyl adjacent to an activating group) is 1. The second kappa shape index (κ2) is 16.8. The molecule has 12 nitrogen and oxygen atoms in total. The van der Waals surface area contributed by atoms with Crippen molar-refractivity contribution >= 4 is 5.91 Å². The molecule has 12 heteroatoms. The molecule has 0 saturated carbocycles. The lowest BCUT2D eigenvalue weighted by Crippen LogP contribution is -2.61. The van der Waals surface area contributed by atoms with Crippen LogP contribution >= 0.6 is 0 Å². The van der Waals surface area contributed by atoms with Gasteiger partial charge in [-0.2, -0.15) is 0 Å². The van der Waals surface area contributed by atoms with E-state index < -0.39 is 83.7 Å². The first-order valence-electron chi connectivity index (χ1n) is 19.7. The van der Waals surface area contributed by atoms with Crippen molar-refractivity contribution in [3.05, 3.63) is 0 Å². The van der Waals surface area contributed by atoms with Gasteiger partial charge in [0.15, 0.2) is 12.6 Å². The summed E-state index contributed by atoms with van der Waals surface area (Å²) in [6, 6.07) is -0.893. The van der Waals surface area contributed by atoms with E-state index in [1.165, 1.54) is 0 Å². The number of amides is 1. The molecule has 298 valence electrons. The summed E-state index contributed by atoms with van der Waals surface area (Å²) >= 11 is 0. The van der Waals surface area contributed by atoms with E-state index in [2.05, 4.69) is 24.1 Å². The van der Waals surface area contributed by atoms with Crippen LogP contribution in [-0.2, 0) is 33.2 Å². The highest BCUT2D eigenvalue weighted by Gasteiger charge is 2.57. The average molecular weight is 729 g/mol. The van der Waals surface area contributed by atoms with Crippen molar-refractivity contribution in [1.29, 1.82) is 0 Å². The van der Waals surface area contributed by atoms with Crippen LogP contribution in [0.4, 0.5) is 0 Å². The molecular weight excluding hydrogens is 656 g/mol. The first kappa shape index (κ1) is 42.8. The summed E-state index contributed by atoms with van der Waals surface area (Å²) < 4.78 is 39.6. The van der Waals surface area contributed by atoms with Gasteiger partial charge in [0.25, 0.3) is 0 Å². The Balaban J connectivity index is 1.83. The van der Waals surface area contributed by atoms with Crippen LogP contribution in [0.1, 0.15) is 115 Å². The van der Waals surface area contributed by atoms with Crippen molar-refractivity contribution in [2.75, 3.05) is 20.7 Å². The minimum atomic E-state index is -1.64. The SMILES string of the molecule is CCC[C@H]1NC(=O)[C@H](C)[C@@H](O[C@H]2C[C@@](C)(OC)C[C@H](C)O2)[C@H](C)[C@@H](O[C@@H]2O[C@H](C)C[C@H](N(C)CC)[C@H]2O)[C@@]2(C)C[C@@H](C)[C@H](O2)[C@H](C)[C@@H](O)[C@]1(C)O. The average Bonchev–Trinajstić information content (AvgIpc) is 3.38. The van der Waals surface area contributed by atoms with Gasteiger partial charge in [0, 0.05) is 37.8 Å². The minimum Gasteiger partial charge on any atom is -0.390 e. The minimum absolute atomic E-state index is 0.00673. The summed E-state index contributed by atoms with van der Waals surface area (Å²) in [4.78, 5) is 16.5. The first-order chi connectivity index (χ1) is 23.7. The highest BCUT2D eigenvalue weighted by Crippen LogP contribution is 2.47. The van der Waals surface area contributed by atoms with E-state index in [-0.39, 0.29) is 30.1 Å². The smallest absolute Gasteiger partial charge is 0.225 e. The Kier molecular flexibility index (Phi) is 14.1. The zero-order valence-electron chi connectivity index (χ0n) is 33.8. The van der Waals surface area contributed by atoms with Crippen LogP contribution in [0.3, 0.4) is 0 Å². The van der Waals surface area contributed by atoms with Crippen LogP contribution < -0.4 is 5.32 Å². The maximum absolute atomic E-state index is 14.4. The van der Waals surface area contributed by atoms with Gasteiger partial charge in [-0.25, -0.2) is 0 Å². The molecule has 1 amide bonds. The summed E-state index contributed by atoms with van der Waals surface area (Å²) in [5.41, 5.74) is -3.06. The number of hydrogen-bond acceptors (Lipinski definition) is 11. The lowest BCUT2D eigenvalue weighted by molar-refractivity contribution is -0.311. The van der Waals surface area contributed by atoms with Crippen LogP contribution in [0, 0.1) is 23.7 Å². The Morgan fingerprint density at radius 2 is 1.61 bits per heavy atom. The number of hydrogen-bond donors (Lipinski definition) is 4. The third-order valence-corrected chi connectivity index (χ3v) is 12.9. The standard InChI is InChI=1S/C39H72N2O10/c1-14-16-28-39(11,45)33(43)24(6)31-21(3)18-38(10,51-31)34(50-36-30(42)27(41(12)15-2)17-22(4)48-36)25(7)32(26(8)35(44)40-28)49-29-20-37(9,46-13)19-23(5)47-29/h21-34,36,42-43,45H,14-20H2,1-13H3,(H,40,44)/t21-,22-,23+,24+,25+,26-,27+,28-,29+,30-,31+,32+,33-,34-,36+,37+,38-,39-/m1/s1. The third kappa shape index (κ3) is 9.14. The maximum atomic E-state index is 14.4. The number of nitrogens with zero attached hydrogens (tertiary/aromatic N) is 1. The molecule has 0 aliphatic carbocycles. The molecule has 0 aromatic carbocycles. The first-order valence-corrected chi connectivity index (χ1v) is 19.7. The molecule has 2 bridgehead atoms. The summed E-state index contributed by atoms with van der Waals surface area (Å²) in [7, 11) is 3.69. The highest BCUT2D eigenvalue weighted by molar-refractivity contribution is 5.79. The lowest BCUT2D eigenvalue weighted by atomic mass is 9.75. The largest absolute Gasteiger partial charge is 0.390 e. The number of rotatable bonds is 9. The van der Waals surface area contributed by atoms with Gasteiger partial charge in [0.05, 0.1) is 59.8 Å². The van der Waals surface area contributed by atoms with E-state index in [0.717, 1.165) is 6.54 Å². The molecule has 18 atom stereocenters. The zero-order valence-corrected chi connectivity index (χ0v) is 33.8. The molecule has 0 unspecified atom stereocenters. The molecule has 0 radical (unpaired) electrons. The van der Waals surface area contributed by atoms with E-state index >= 15 is 0 Å². The maximum Gasteiger partial charge on any atom is 0.225 e. The molecule has 4 aliphatic heterocycles. The molecule has 4 saturated heterocycles. The molecule has 51 heavy (non-hydrogen) atoms. The molecule has 4 aliphatic rings. The Hall–Kier alpha value is -0.930. The number of aliphatic hydroxyl groups excluding tert-OH is 2. The van der Waals surface area contributed by atoms with Crippen molar-refractivity contribution in [2.45, 2.75) is 199 Å². The van der Waals surface area contributed by atoms with Gasteiger partial charge >= 0.3 is 0 Å². The van der Waals surface area contributed by atoms with E-state index in [1.54, 1.807) is 14.0 Å². The monoisotopic (exact) mass is 729 g/mol. The van der Waals surface area contributed by atoms with E-state index in [4.69, 9.17) is 28.4 Å². The van der Waals surface area contributed by atoms with Gasteiger partial charge in [-0.3, -0.25) is 4.79 Å². The summed E-state index contributed by atoms with van der Waals surface area (Å²) in [5.74, 6) is -2.00. The summed E-state index contributed by atoms with van der Waals surface area (Å²) in [6.07, 6.45) is -2.38. The number of carbonyl (C=O) groups is 1. The fraction of sp³-hybridized carbons (Fsp3) is 0.974. The Bertz CT molecular complexity index is 1150. The number of methoxy groups -OCH3 is 1. The normalized spacial score (nSPS) is 50.3. The van der Waals surface area contributed by atoms with Crippen LogP contribution in [0.2, 0.25) is 0 Å². The number of fused-ring (bicyclic) bond motifs is 2. The van der Waals surface area contributed by atoms with Crippen molar-refractivity contribution in [1.82, 2.24) is 10.2 Å². The highest BCUT2D eigenvalue weighted by atomic mass is 16.7. The van der Waals surface area contributed by atoms with Gasteiger partial charge in [-0.15, -0.1) is 0 Å². The Morgan fingerprint density at radius 1 is 0.941 bits per heavy atom. The molecule has 4 N–H and O–H groups in total. The molecular formula is C39H72N2O10. The van der Waals surface area contributed by atoms with Crippen LogP contribution in [0.15, 0.2) is 0 Å². The molecule has 0 aromatic heterocycles. The van der Waals surface area contributed by atoms with Crippen molar-refractivity contribution < 1.29 is 48.5 Å². The van der Waals surface area contributed by atoms with Gasteiger partial charge in [0.1, 0.15) is 11.7 Å². The van der Waals surface area contributed by atoms with Crippen LogP contribution in [0.25, 0.3) is 0 Å². The van der Waals surface area contributed by atoms with Gasteiger partial charge in [-0.1, -0.05) is 48.0 Å². The second-order valence-corrected chi connectivity index (χ2v) is 17.4. The van der Waals surface area contributed by atoms with Gasteiger partial charge < -0.3 is 54.0 Å². The summed E-state index contributed by atoms with van der Waals surface area (Å²) in [6.45, 7) is 22.3. The number of aliphatic hydroxyl groups is 3. The van der Waals surface area contributed by atoms with Crippen LogP contribution in [0.5, 0.6) is 0 Å². The van der Waals surface area contributed by atoms with E-state index in [9.17, 15) is 20.1 Å². The molecule has 4 heterocycles.